The lowest BCUT2D eigenvalue weighted by Gasteiger charge is -2.27. The predicted molar refractivity (Wildman–Crippen MR) is 89.1 cm³/mol. The van der Waals surface area contributed by atoms with Crippen molar-refractivity contribution in [2.45, 2.75) is 33.3 Å². The van der Waals surface area contributed by atoms with Crippen molar-refractivity contribution in [2.75, 3.05) is 13.2 Å². The number of carbonyl (C=O) groups is 2. The first kappa shape index (κ1) is 20.7. The van der Waals surface area contributed by atoms with Gasteiger partial charge in [-0.15, -0.1) is 0 Å². The fourth-order valence-corrected chi connectivity index (χ4v) is 2.12. The van der Waals surface area contributed by atoms with Crippen molar-refractivity contribution >= 4 is 11.7 Å². The van der Waals surface area contributed by atoms with E-state index in [0.29, 0.717) is 0 Å². The lowest BCUT2D eigenvalue weighted by atomic mass is 9.87. The van der Waals surface area contributed by atoms with E-state index in [9.17, 15) is 19.1 Å². The van der Waals surface area contributed by atoms with Gasteiger partial charge < -0.3 is 15.5 Å². The average molecular weight is 350 g/mol. The van der Waals surface area contributed by atoms with Crippen LogP contribution in [-0.4, -0.2) is 41.2 Å². The zero-order valence-electron chi connectivity index (χ0n) is 14.5. The molecule has 0 saturated carbocycles. The molecule has 0 radical (unpaired) electrons. The normalized spacial score (nSPS) is 13.6. The third kappa shape index (κ3) is 5.62. The number of halogens is 1. The predicted octanol–water partition coefficient (Wildman–Crippen LogP) is 1.40. The van der Waals surface area contributed by atoms with Crippen LogP contribution in [0.5, 0.6) is 0 Å². The molecule has 1 amide bonds. The molecule has 1 aromatic rings. The van der Waals surface area contributed by atoms with Crippen LogP contribution in [0.2, 0.25) is 0 Å². The third-order valence-corrected chi connectivity index (χ3v) is 3.95. The van der Waals surface area contributed by atoms with Gasteiger partial charge >= 0.3 is 0 Å². The summed E-state index contributed by atoms with van der Waals surface area (Å²) in [4.78, 5) is 24.1. The first-order valence-electron chi connectivity index (χ1n) is 7.92. The Kier molecular flexibility index (Phi) is 7.22. The van der Waals surface area contributed by atoms with E-state index in [1.807, 2.05) is 6.07 Å². The van der Waals surface area contributed by atoms with Crippen molar-refractivity contribution in [3.8, 4) is 6.07 Å². The molecule has 0 spiro atoms. The fraction of sp³-hybridized carbons (Fsp3) is 0.500. The van der Waals surface area contributed by atoms with Gasteiger partial charge in [-0.2, -0.15) is 5.26 Å². The van der Waals surface area contributed by atoms with E-state index < -0.39 is 29.0 Å². The Bertz CT molecular complexity index is 682. The highest BCUT2D eigenvalue weighted by atomic mass is 19.1. The van der Waals surface area contributed by atoms with E-state index >= 15 is 0 Å². The lowest BCUT2D eigenvalue weighted by Crippen LogP contribution is -2.46. The number of Topliss-reactive ketones (excluding diaryl/α,β-unsaturated/α-hetero) is 1. The molecule has 0 aliphatic carbocycles. The van der Waals surface area contributed by atoms with Gasteiger partial charge in [-0.3, -0.25) is 9.59 Å². The molecule has 0 bridgehead atoms. The van der Waals surface area contributed by atoms with E-state index in [1.165, 1.54) is 12.1 Å². The summed E-state index contributed by atoms with van der Waals surface area (Å²) in [6.45, 7) is 4.56. The Balaban J connectivity index is 2.63. The summed E-state index contributed by atoms with van der Waals surface area (Å²) in [5, 5.41) is 30.4. The molecule has 0 saturated heterocycles. The molecule has 25 heavy (non-hydrogen) atoms. The Morgan fingerprint density at radius 3 is 2.60 bits per heavy atom. The monoisotopic (exact) mass is 350 g/mol. The number of rotatable bonds is 8. The van der Waals surface area contributed by atoms with Gasteiger partial charge in [0.1, 0.15) is 11.9 Å². The minimum Gasteiger partial charge on any atom is -0.396 e. The second-order valence-corrected chi connectivity index (χ2v) is 6.83. The van der Waals surface area contributed by atoms with Crippen molar-refractivity contribution < 1.29 is 24.2 Å². The number of aliphatic hydroxyl groups excluding tert-OH is 2. The van der Waals surface area contributed by atoms with Crippen molar-refractivity contribution in [1.29, 1.82) is 5.26 Å². The number of benzene rings is 1. The van der Waals surface area contributed by atoms with Gasteiger partial charge in [0.2, 0.25) is 5.91 Å². The summed E-state index contributed by atoms with van der Waals surface area (Å²) in [6, 6.07) is 5.42. The molecule has 0 unspecified atom stereocenters. The first-order chi connectivity index (χ1) is 11.6. The minimum atomic E-state index is -1.38. The molecule has 3 N–H and O–H groups in total. The highest BCUT2D eigenvalue weighted by molar-refractivity contribution is 5.96. The molecule has 7 heteroatoms. The number of ketones is 1. The second-order valence-electron chi connectivity index (χ2n) is 6.83. The van der Waals surface area contributed by atoms with Gasteiger partial charge in [-0.05, 0) is 24.1 Å². The number of hydrogen-bond acceptors (Lipinski definition) is 5. The van der Waals surface area contributed by atoms with Gasteiger partial charge in [-0.25, -0.2) is 4.39 Å². The summed E-state index contributed by atoms with van der Waals surface area (Å²) in [6.07, 6.45) is -1.41. The molecule has 6 nitrogen and oxygen atoms in total. The van der Waals surface area contributed by atoms with Crippen molar-refractivity contribution in [3.63, 3.8) is 0 Å². The molecule has 136 valence electrons. The number of carbonyl (C=O) groups excluding carboxylic acids is 2. The summed E-state index contributed by atoms with van der Waals surface area (Å²) in [5.41, 5.74) is -0.942. The highest BCUT2D eigenvalue weighted by Crippen LogP contribution is 2.20. The number of nitrogens with zero attached hydrogens (tertiary/aromatic N) is 1. The Labute approximate surface area is 146 Å². The number of nitrogens with one attached hydrogen (secondary N) is 1. The SMILES string of the molecule is C[C@@H](CNC(=O)[C@H](O)C(C)(C)CO)CC(=O)c1cc(C#N)ccc1F. The number of amides is 1. The number of hydrogen-bond donors (Lipinski definition) is 3. The zero-order valence-corrected chi connectivity index (χ0v) is 14.5. The van der Waals surface area contributed by atoms with Gasteiger partial charge in [0, 0.05) is 18.4 Å². The van der Waals surface area contributed by atoms with Gasteiger partial charge in [-0.1, -0.05) is 20.8 Å². The quantitative estimate of drug-likeness (QED) is 0.614. The zero-order chi connectivity index (χ0) is 19.2. The van der Waals surface area contributed by atoms with Crippen LogP contribution in [-0.2, 0) is 4.79 Å². The van der Waals surface area contributed by atoms with E-state index in [1.54, 1.807) is 20.8 Å². The second kappa shape index (κ2) is 8.70. The van der Waals surface area contributed by atoms with Crippen LogP contribution in [0.1, 0.15) is 43.1 Å². The fourth-order valence-electron chi connectivity index (χ4n) is 2.12. The molecule has 0 aromatic heterocycles. The van der Waals surface area contributed by atoms with Crippen molar-refractivity contribution in [1.82, 2.24) is 5.32 Å². The van der Waals surface area contributed by atoms with E-state index in [4.69, 9.17) is 10.4 Å². The van der Waals surface area contributed by atoms with Gasteiger partial charge in [0.15, 0.2) is 5.78 Å². The number of nitriles is 1. The summed E-state index contributed by atoms with van der Waals surface area (Å²) < 4.78 is 13.7. The molecule has 1 aromatic carbocycles. The van der Waals surface area contributed by atoms with Crippen LogP contribution in [0.4, 0.5) is 4.39 Å². The standard InChI is InChI=1S/C18H23FN2O4/c1-11(9-21-17(25)16(24)18(2,3)10-22)6-15(23)13-7-12(8-20)4-5-14(13)19/h4-5,7,11,16,22,24H,6,9-10H2,1-3H3,(H,21,25)/t11-,16+/m1/s1. The Morgan fingerprint density at radius 2 is 2.04 bits per heavy atom. The van der Waals surface area contributed by atoms with E-state index in [-0.39, 0.29) is 36.6 Å². The molecule has 0 aliphatic rings. The van der Waals surface area contributed by atoms with Crippen LogP contribution in [0.3, 0.4) is 0 Å². The number of aliphatic hydroxyl groups is 2. The maximum atomic E-state index is 13.7. The molecule has 0 aliphatic heterocycles. The molecule has 0 heterocycles. The Morgan fingerprint density at radius 1 is 1.40 bits per heavy atom. The van der Waals surface area contributed by atoms with Crippen LogP contribution in [0.25, 0.3) is 0 Å². The molecule has 2 atom stereocenters. The van der Waals surface area contributed by atoms with E-state index in [0.717, 1.165) is 6.07 Å². The minimum absolute atomic E-state index is 0.0223. The van der Waals surface area contributed by atoms with Crippen LogP contribution < -0.4 is 5.32 Å². The van der Waals surface area contributed by atoms with E-state index in [2.05, 4.69) is 5.32 Å². The maximum Gasteiger partial charge on any atom is 0.249 e. The smallest absolute Gasteiger partial charge is 0.249 e. The lowest BCUT2D eigenvalue weighted by molar-refractivity contribution is -0.137. The topological polar surface area (TPSA) is 110 Å². The van der Waals surface area contributed by atoms with Crippen LogP contribution >= 0.6 is 0 Å². The average Bonchev–Trinajstić information content (AvgIpc) is 2.59. The van der Waals surface area contributed by atoms with Crippen LogP contribution in [0, 0.1) is 28.5 Å². The summed E-state index contributed by atoms with van der Waals surface area (Å²) >= 11 is 0. The highest BCUT2D eigenvalue weighted by Gasteiger charge is 2.33. The Hall–Kier alpha value is -2.30. The molecule has 0 fully saturated rings. The molecular weight excluding hydrogens is 327 g/mol. The largest absolute Gasteiger partial charge is 0.396 e. The molecule has 1 rings (SSSR count). The van der Waals surface area contributed by atoms with Crippen LogP contribution in [0.15, 0.2) is 18.2 Å². The summed E-state index contributed by atoms with van der Waals surface area (Å²) in [5.74, 6) is -2.10. The third-order valence-electron chi connectivity index (χ3n) is 3.95. The molecular formula is C18H23FN2O4. The maximum absolute atomic E-state index is 13.7. The first-order valence-corrected chi connectivity index (χ1v) is 7.92. The van der Waals surface area contributed by atoms with Gasteiger partial charge in [0.05, 0.1) is 23.8 Å². The van der Waals surface area contributed by atoms with Crippen molar-refractivity contribution in [3.05, 3.63) is 35.1 Å². The van der Waals surface area contributed by atoms with Gasteiger partial charge in [0.25, 0.3) is 0 Å². The summed E-state index contributed by atoms with van der Waals surface area (Å²) in [7, 11) is 0. The van der Waals surface area contributed by atoms with Crippen molar-refractivity contribution in [2.24, 2.45) is 11.3 Å².